The molecule has 0 atom stereocenters. The van der Waals surface area contributed by atoms with Crippen LogP contribution in [0.3, 0.4) is 0 Å². The zero-order valence-electron chi connectivity index (χ0n) is 15.6. The number of hydrogen-bond acceptors (Lipinski definition) is 6. The Morgan fingerprint density at radius 1 is 0.967 bits per heavy atom. The number of carbonyl (C=O) groups excluding carboxylic acids is 2. The van der Waals surface area contributed by atoms with E-state index in [1.165, 1.54) is 22.2 Å². The highest BCUT2D eigenvalue weighted by atomic mass is 32.1. The number of benzene rings is 2. The molecule has 0 saturated carbocycles. The fourth-order valence-electron chi connectivity index (χ4n) is 2.74. The third-order valence-corrected chi connectivity index (χ3v) is 5.05. The molecular formula is C21H17N5O3S. The number of hydrogen-bond donors (Lipinski definition) is 3. The lowest BCUT2D eigenvalue weighted by molar-refractivity contribution is 0.0839. The molecule has 0 aliphatic carbocycles. The van der Waals surface area contributed by atoms with Gasteiger partial charge in [0.15, 0.2) is 11.4 Å². The number of aromatic hydroxyl groups is 1. The van der Waals surface area contributed by atoms with Crippen LogP contribution < -0.4 is 10.9 Å². The van der Waals surface area contributed by atoms with Gasteiger partial charge in [-0.05, 0) is 17.7 Å². The van der Waals surface area contributed by atoms with E-state index in [4.69, 9.17) is 0 Å². The van der Waals surface area contributed by atoms with E-state index in [2.05, 4.69) is 20.9 Å². The number of aromatic nitrogens is 3. The molecule has 4 aromatic rings. The first-order valence-corrected chi connectivity index (χ1v) is 9.91. The zero-order valence-corrected chi connectivity index (χ0v) is 16.5. The maximum absolute atomic E-state index is 12.3. The second-order valence-electron chi connectivity index (χ2n) is 6.34. The molecule has 0 aliphatic rings. The van der Waals surface area contributed by atoms with E-state index in [0.717, 1.165) is 10.6 Å². The molecule has 0 spiro atoms. The standard InChI is InChI=1S/C21H17N5O3S/c27-17-12-26(15-9-5-2-6-10-15)25-19(17)21(29)24-23-20(28)16-13-30-18(22-16)11-14-7-3-1-4-8-14/h1-10,12-13,27H,11H2,(H,23,28)(H,24,29). The lowest BCUT2D eigenvalue weighted by Gasteiger charge is -2.04. The summed E-state index contributed by atoms with van der Waals surface area (Å²) in [6.07, 6.45) is 1.94. The van der Waals surface area contributed by atoms with Gasteiger partial charge < -0.3 is 5.11 Å². The van der Waals surface area contributed by atoms with E-state index >= 15 is 0 Å². The fourth-order valence-corrected chi connectivity index (χ4v) is 3.55. The number of nitrogens with zero attached hydrogens (tertiary/aromatic N) is 3. The van der Waals surface area contributed by atoms with Crippen LogP contribution in [0.5, 0.6) is 5.75 Å². The van der Waals surface area contributed by atoms with Gasteiger partial charge in [0.1, 0.15) is 5.69 Å². The summed E-state index contributed by atoms with van der Waals surface area (Å²) in [5, 5.41) is 16.5. The van der Waals surface area contributed by atoms with Crippen molar-refractivity contribution < 1.29 is 14.7 Å². The first-order valence-electron chi connectivity index (χ1n) is 9.03. The van der Waals surface area contributed by atoms with Gasteiger partial charge in [-0.15, -0.1) is 11.3 Å². The summed E-state index contributed by atoms with van der Waals surface area (Å²) >= 11 is 1.37. The van der Waals surface area contributed by atoms with Crippen molar-refractivity contribution in [2.75, 3.05) is 0 Å². The van der Waals surface area contributed by atoms with Gasteiger partial charge in [-0.25, -0.2) is 9.67 Å². The second kappa shape index (κ2) is 8.58. The number of thiazole rings is 1. The van der Waals surface area contributed by atoms with Crippen molar-refractivity contribution in [2.45, 2.75) is 6.42 Å². The number of nitrogens with one attached hydrogen (secondary N) is 2. The maximum atomic E-state index is 12.3. The number of carbonyl (C=O) groups is 2. The molecule has 2 aromatic heterocycles. The van der Waals surface area contributed by atoms with Crippen LogP contribution in [-0.2, 0) is 6.42 Å². The maximum Gasteiger partial charge on any atom is 0.294 e. The van der Waals surface area contributed by atoms with Gasteiger partial charge in [-0.2, -0.15) is 5.10 Å². The molecule has 150 valence electrons. The average molecular weight is 419 g/mol. The Morgan fingerprint density at radius 3 is 2.37 bits per heavy atom. The first-order chi connectivity index (χ1) is 14.6. The monoisotopic (exact) mass is 419 g/mol. The van der Waals surface area contributed by atoms with Crippen LogP contribution in [0.2, 0.25) is 0 Å². The number of hydrazine groups is 1. The van der Waals surface area contributed by atoms with E-state index in [1.807, 2.05) is 48.5 Å². The Hall–Kier alpha value is -3.98. The van der Waals surface area contributed by atoms with Crippen LogP contribution >= 0.6 is 11.3 Å². The Bertz CT molecular complexity index is 1170. The van der Waals surface area contributed by atoms with Gasteiger partial charge in [0.05, 0.1) is 16.9 Å². The molecular weight excluding hydrogens is 402 g/mol. The summed E-state index contributed by atoms with van der Waals surface area (Å²) in [5.74, 6) is -1.60. The average Bonchev–Trinajstić information content (AvgIpc) is 3.40. The smallest absolute Gasteiger partial charge is 0.294 e. The van der Waals surface area contributed by atoms with Crippen LogP contribution in [-0.4, -0.2) is 31.7 Å². The third-order valence-electron chi connectivity index (χ3n) is 4.20. The van der Waals surface area contributed by atoms with Crippen molar-refractivity contribution in [3.63, 3.8) is 0 Å². The van der Waals surface area contributed by atoms with Crippen molar-refractivity contribution in [2.24, 2.45) is 0 Å². The second-order valence-corrected chi connectivity index (χ2v) is 7.28. The van der Waals surface area contributed by atoms with Crippen molar-refractivity contribution in [3.05, 3.63) is 94.2 Å². The first kappa shape index (κ1) is 19.3. The summed E-state index contributed by atoms with van der Waals surface area (Å²) < 4.78 is 1.38. The van der Waals surface area contributed by atoms with E-state index in [0.29, 0.717) is 12.1 Å². The van der Waals surface area contributed by atoms with E-state index < -0.39 is 11.8 Å². The Morgan fingerprint density at radius 2 is 1.63 bits per heavy atom. The normalized spacial score (nSPS) is 10.5. The van der Waals surface area contributed by atoms with Gasteiger partial charge >= 0.3 is 0 Å². The summed E-state index contributed by atoms with van der Waals surface area (Å²) in [6.45, 7) is 0. The van der Waals surface area contributed by atoms with Crippen molar-refractivity contribution in [1.29, 1.82) is 0 Å². The molecule has 0 aliphatic heterocycles. The van der Waals surface area contributed by atoms with Gasteiger partial charge in [0.2, 0.25) is 0 Å². The minimum atomic E-state index is -0.740. The summed E-state index contributed by atoms with van der Waals surface area (Å²) in [6, 6.07) is 18.8. The van der Waals surface area contributed by atoms with Crippen LogP contribution in [0.1, 0.15) is 31.5 Å². The highest BCUT2D eigenvalue weighted by Gasteiger charge is 2.19. The van der Waals surface area contributed by atoms with Crippen LogP contribution in [0.25, 0.3) is 5.69 Å². The molecule has 0 unspecified atom stereocenters. The summed E-state index contributed by atoms with van der Waals surface area (Å²) in [5.41, 5.74) is 6.32. The minimum Gasteiger partial charge on any atom is -0.504 e. The molecule has 0 radical (unpaired) electrons. The molecule has 0 bridgehead atoms. The van der Waals surface area contributed by atoms with Crippen LogP contribution in [0, 0.1) is 0 Å². The molecule has 0 saturated heterocycles. The molecule has 8 nitrogen and oxygen atoms in total. The molecule has 2 aromatic carbocycles. The van der Waals surface area contributed by atoms with Gasteiger partial charge in [-0.1, -0.05) is 48.5 Å². The molecule has 30 heavy (non-hydrogen) atoms. The van der Waals surface area contributed by atoms with Gasteiger partial charge in [0.25, 0.3) is 11.8 Å². The quantitative estimate of drug-likeness (QED) is 0.431. The van der Waals surface area contributed by atoms with Crippen molar-refractivity contribution >= 4 is 23.2 Å². The molecule has 9 heteroatoms. The fraction of sp³-hybridized carbons (Fsp3) is 0.0476. The van der Waals surface area contributed by atoms with Crippen molar-refractivity contribution in [3.8, 4) is 11.4 Å². The lowest BCUT2D eigenvalue weighted by Crippen LogP contribution is -2.42. The molecule has 0 fully saturated rings. The molecule has 2 amide bonds. The zero-order chi connectivity index (χ0) is 20.9. The number of amides is 2. The summed E-state index contributed by atoms with van der Waals surface area (Å²) in [7, 11) is 0. The molecule has 2 heterocycles. The number of para-hydroxylation sites is 1. The van der Waals surface area contributed by atoms with Crippen molar-refractivity contribution in [1.82, 2.24) is 25.6 Å². The molecule has 3 N–H and O–H groups in total. The Labute approximate surface area is 175 Å². The van der Waals surface area contributed by atoms with E-state index in [-0.39, 0.29) is 17.1 Å². The van der Waals surface area contributed by atoms with E-state index in [1.54, 1.807) is 17.5 Å². The molecule has 4 rings (SSSR count). The topological polar surface area (TPSA) is 109 Å². The van der Waals surface area contributed by atoms with E-state index in [9.17, 15) is 14.7 Å². The van der Waals surface area contributed by atoms with Crippen LogP contribution in [0.4, 0.5) is 0 Å². The Kier molecular flexibility index (Phi) is 5.53. The largest absolute Gasteiger partial charge is 0.504 e. The highest BCUT2D eigenvalue weighted by molar-refractivity contribution is 7.09. The highest BCUT2D eigenvalue weighted by Crippen LogP contribution is 2.18. The van der Waals surface area contributed by atoms with Gasteiger partial charge in [-0.3, -0.25) is 20.4 Å². The minimum absolute atomic E-state index is 0.199. The van der Waals surface area contributed by atoms with Crippen LogP contribution in [0.15, 0.2) is 72.2 Å². The SMILES string of the molecule is O=C(NNC(=O)c1nn(-c2ccccc2)cc1O)c1csc(Cc2ccccc2)n1. The Balaban J connectivity index is 1.37. The third kappa shape index (κ3) is 4.36. The number of rotatable bonds is 5. The predicted molar refractivity (Wildman–Crippen MR) is 112 cm³/mol. The lowest BCUT2D eigenvalue weighted by atomic mass is 10.2. The predicted octanol–water partition coefficient (Wildman–Crippen LogP) is 2.70. The summed E-state index contributed by atoms with van der Waals surface area (Å²) in [4.78, 5) is 28.9. The van der Waals surface area contributed by atoms with Gasteiger partial charge in [0, 0.05) is 11.8 Å².